The van der Waals surface area contributed by atoms with Gasteiger partial charge in [-0.2, -0.15) is 0 Å². The molecule has 7 nitrogen and oxygen atoms in total. The highest BCUT2D eigenvalue weighted by molar-refractivity contribution is 8.00. The number of nitrogens with one attached hydrogen (secondary N) is 2. The molecule has 0 radical (unpaired) electrons. The molecule has 2 atom stereocenters. The topological polar surface area (TPSA) is 81.1 Å². The van der Waals surface area contributed by atoms with Crippen LogP contribution in [0.25, 0.3) is 0 Å². The van der Waals surface area contributed by atoms with Gasteiger partial charge < -0.3 is 15.5 Å². The van der Waals surface area contributed by atoms with Gasteiger partial charge in [0.2, 0.25) is 11.1 Å². The molecule has 156 valence electrons. The van der Waals surface area contributed by atoms with E-state index in [0.29, 0.717) is 16.6 Å². The molecule has 1 amide bonds. The van der Waals surface area contributed by atoms with Crippen LogP contribution in [0.5, 0.6) is 5.75 Å². The summed E-state index contributed by atoms with van der Waals surface area (Å²) in [6.45, 7) is 2.07. The van der Waals surface area contributed by atoms with Gasteiger partial charge in [0, 0.05) is 6.42 Å². The fourth-order valence-corrected chi connectivity index (χ4v) is 4.45. The van der Waals surface area contributed by atoms with Crippen molar-refractivity contribution in [2.24, 2.45) is 0 Å². The summed E-state index contributed by atoms with van der Waals surface area (Å²) >= 11 is 1.33. The lowest BCUT2D eigenvalue weighted by Crippen LogP contribution is -2.41. The highest BCUT2D eigenvalue weighted by atomic mass is 32.2. The van der Waals surface area contributed by atoms with Crippen molar-refractivity contribution < 1.29 is 13.9 Å². The molecule has 0 bridgehead atoms. The highest BCUT2D eigenvalue weighted by Crippen LogP contribution is 2.38. The standard InChI is InChI=1S/C21H22FN5O2S/c1-3-6-17-24-25-21-27(17)26-18(13-9-11-14(22)12-10-13)19(30-21)20(28)23-15-7-4-5-8-16(15)29-2/h4-5,7-12,18-19,26H,3,6H2,1-2H3,(H,23,28)/t18-,19+/m1/s1. The normalized spacial score (nSPS) is 17.7. The minimum atomic E-state index is -0.549. The van der Waals surface area contributed by atoms with Crippen LogP contribution in [0.15, 0.2) is 53.7 Å². The molecular formula is C21H22FN5O2S. The number of halogens is 1. The highest BCUT2D eigenvalue weighted by Gasteiger charge is 2.38. The molecule has 0 fully saturated rings. The number of hydrogen-bond acceptors (Lipinski definition) is 6. The van der Waals surface area contributed by atoms with E-state index >= 15 is 0 Å². The molecule has 3 aromatic rings. The summed E-state index contributed by atoms with van der Waals surface area (Å²) in [7, 11) is 1.56. The van der Waals surface area contributed by atoms with Gasteiger partial charge >= 0.3 is 0 Å². The summed E-state index contributed by atoms with van der Waals surface area (Å²) in [6, 6.07) is 13.0. The van der Waals surface area contributed by atoms with Gasteiger partial charge in [-0.3, -0.25) is 4.79 Å². The van der Waals surface area contributed by atoms with Crippen LogP contribution in [0.2, 0.25) is 0 Å². The SMILES string of the molecule is CCCc1nnc2n1N[C@H](c1ccc(F)cc1)[C@@H](C(=O)Nc1ccccc1OC)S2. The van der Waals surface area contributed by atoms with Gasteiger partial charge in [-0.15, -0.1) is 10.2 Å². The van der Waals surface area contributed by atoms with E-state index in [4.69, 9.17) is 4.74 Å². The molecule has 0 saturated heterocycles. The quantitative estimate of drug-likeness (QED) is 0.623. The average Bonchev–Trinajstić information content (AvgIpc) is 3.16. The Morgan fingerprint density at radius 3 is 2.73 bits per heavy atom. The van der Waals surface area contributed by atoms with E-state index in [1.54, 1.807) is 31.4 Å². The van der Waals surface area contributed by atoms with Crippen LogP contribution in [0.1, 0.15) is 30.8 Å². The maximum Gasteiger partial charge on any atom is 0.240 e. The number of nitrogens with zero attached hydrogens (tertiary/aromatic N) is 3. The Labute approximate surface area is 178 Å². The second-order valence-electron chi connectivity index (χ2n) is 6.87. The van der Waals surface area contributed by atoms with E-state index in [2.05, 4.69) is 27.9 Å². The van der Waals surface area contributed by atoms with Gasteiger partial charge in [0.15, 0.2) is 5.82 Å². The predicted octanol–water partition coefficient (Wildman–Crippen LogP) is 3.78. The molecule has 9 heteroatoms. The molecule has 1 aliphatic rings. The van der Waals surface area contributed by atoms with E-state index < -0.39 is 11.3 Å². The number of methoxy groups -OCH3 is 1. The first kappa shape index (κ1) is 20.2. The lowest BCUT2D eigenvalue weighted by atomic mass is 10.0. The van der Waals surface area contributed by atoms with Crippen LogP contribution in [-0.2, 0) is 11.2 Å². The number of carbonyl (C=O) groups is 1. The number of fused-ring (bicyclic) bond motifs is 1. The van der Waals surface area contributed by atoms with Gasteiger partial charge in [0.25, 0.3) is 0 Å². The van der Waals surface area contributed by atoms with Crippen molar-refractivity contribution in [1.29, 1.82) is 0 Å². The zero-order chi connectivity index (χ0) is 21.1. The minimum absolute atomic E-state index is 0.211. The Morgan fingerprint density at radius 2 is 2.00 bits per heavy atom. The number of anilines is 1. The molecule has 30 heavy (non-hydrogen) atoms. The van der Waals surface area contributed by atoms with Gasteiger partial charge in [-0.05, 0) is 36.2 Å². The summed E-state index contributed by atoms with van der Waals surface area (Å²) < 4.78 is 20.7. The largest absolute Gasteiger partial charge is 0.495 e. The van der Waals surface area contributed by atoms with Gasteiger partial charge in [0.1, 0.15) is 16.8 Å². The fraction of sp³-hybridized carbons (Fsp3) is 0.286. The Bertz CT molecular complexity index is 1040. The van der Waals surface area contributed by atoms with Crippen molar-refractivity contribution in [1.82, 2.24) is 14.9 Å². The molecule has 1 aromatic heterocycles. The molecule has 0 unspecified atom stereocenters. The lowest BCUT2D eigenvalue weighted by Gasteiger charge is -2.33. The summed E-state index contributed by atoms with van der Waals surface area (Å²) in [6.07, 6.45) is 1.68. The van der Waals surface area contributed by atoms with E-state index in [1.807, 2.05) is 16.8 Å². The van der Waals surface area contributed by atoms with Crippen molar-refractivity contribution >= 4 is 23.4 Å². The van der Waals surface area contributed by atoms with Crippen molar-refractivity contribution in [2.75, 3.05) is 17.9 Å². The maximum atomic E-state index is 13.5. The number of thioether (sulfide) groups is 1. The molecule has 0 aliphatic carbocycles. The van der Waals surface area contributed by atoms with Crippen molar-refractivity contribution in [3.8, 4) is 5.75 Å². The Balaban J connectivity index is 1.67. The van der Waals surface area contributed by atoms with E-state index in [1.165, 1.54) is 23.9 Å². The third-order valence-corrected chi connectivity index (χ3v) is 6.04. The second kappa shape index (κ2) is 8.74. The molecule has 2 N–H and O–H groups in total. The third kappa shape index (κ3) is 3.97. The van der Waals surface area contributed by atoms with Crippen LogP contribution in [0.4, 0.5) is 10.1 Å². The van der Waals surface area contributed by atoms with Gasteiger partial charge in [0.05, 0.1) is 18.8 Å². The zero-order valence-corrected chi connectivity index (χ0v) is 17.4. The zero-order valence-electron chi connectivity index (χ0n) is 16.6. The monoisotopic (exact) mass is 427 g/mol. The number of rotatable bonds is 6. The molecular weight excluding hydrogens is 405 g/mol. The van der Waals surface area contributed by atoms with Gasteiger partial charge in [-0.25, -0.2) is 9.07 Å². The number of carbonyl (C=O) groups excluding carboxylic acids is 1. The molecule has 4 rings (SSSR count). The summed E-state index contributed by atoms with van der Waals surface area (Å²) in [5.41, 5.74) is 4.75. The second-order valence-corrected chi connectivity index (χ2v) is 7.98. The smallest absolute Gasteiger partial charge is 0.240 e. The van der Waals surface area contributed by atoms with Crippen LogP contribution in [-0.4, -0.2) is 33.1 Å². The maximum absolute atomic E-state index is 13.5. The Kier molecular flexibility index (Phi) is 5.89. The molecule has 2 heterocycles. The Morgan fingerprint density at radius 1 is 1.23 bits per heavy atom. The average molecular weight is 428 g/mol. The predicted molar refractivity (Wildman–Crippen MR) is 114 cm³/mol. The lowest BCUT2D eigenvalue weighted by molar-refractivity contribution is -0.116. The van der Waals surface area contributed by atoms with E-state index in [0.717, 1.165) is 24.2 Å². The van der Waals surface area contributed by atoms with Crippen LogP contribution >= 0.6 is 11.8 Å². The number of hydrogen-bond donors (Lipinski definition) is 2. The van der Waals surface area contributed by atoms with Crippen LogP contribution in [0.3, 0.4) is 0 Å². The molecule has 0 spiro atoms. The molecule has 1 aliphatic heterocycles. The summed E-state index contributed by atoms with van der Waals surface area (Å²) in [4.78, 5) is 13.3. The van der Waals surface area contributed by atoms with Crippen LogP contribution < -0.4 is 15.5 Å². The Hall–Kier alpha value is -3.07. The number of amides is 1. The summed E-state index contributed by atoms with van der Waals surface area (Å²) in [5.74, 6) is 0.841. The number of ether oxygens (including phenoxy) is 1. The van der Waals surface area contributed by atoms with Crippen LogP contribution in [0, 0.1) is 5.82 Å². The number of benzene rings is 2. The molecule has 2 aromatic carbocycles. The first-order chi connectivity index (χ1) is 14.6. The van der Waals surface area contributed by atoms with Crippen molar-refractivity contribution in [3.63, 3.8) is 0 Å². The minimum Gasteiger partial charge on any atom is -0.495 e. The van der Waals surface area contributed by atoms with Gasteiger partial charge in [-0.1, -0.05) is 43.0 Å². The molecule has 0 saturated carbocycles. The third-order valence-electron chi connectivity index (χ3n) is 4.83. The van der Waals surface area contributed by atoms with E-state index in [-0.39, 0.29) is 11.7 Å². The first-order valence-corrected chi connectivity index (χ1v) is 10.6. The number of aromatic nitrogens is 3. The first-order valence-electron chi connectivity index (χ1n) is 9.67. The van der Waals surface area contributed by atoms with Crippen molar-refractivity contribution in [2.45, 2.75) is 36.2 Å². The van der Waals surface area contributed by atoms with Crippen molar-refractivity contribution in [3.05, 3.63) is 65.7 Å². The summed E-state index contributed by atoms with van der Waals surface area (Å²) in [5, 5.41) is 11.5. The number of aryl methyl sites for hydroxylation is 1. The number of para-hydroxylation sites is 2. The van der Waals surface area contributed by atoms with E-state index in [9.17, 15) is 9.18 Å². The fourth-order valence-electron chi connectivity index (χ4n) is 3.36.